The molecule has 3 rings (SSSR count). The first-order valence-electron chi connectivity index (χ1n) is 7.19. The average Bonchev–Trinajstić information content (AvgIpc) is 2.86. The number of nitrogens with zero attached hydrogens (tertiary/aromatic N) is 2. The summed E-state index contributed by atoms with van der Waals surface area (Å²) in [4.78, 5) is 15.3. The van der Waals surface area contributed by atoms with Crippen molar-refractivity contribution >= 4 is 17.6 Å². The van der Waals surface area contributed by atoms with Gasteiger partial charge in [-0.15, -0.1) is 0 Å². The van der Waals surface area contributed by atoms with Gasteiger partial charge < -0.3 is 14.5 Å². The number of carboxylic acids is 1. The molecule has 0 spiro atoms. The van der Waals surface area contributed by atoms with Crippen LogP contribution >= 0.6 is 11.6 Å². The monoisotopic (exact) mass is 348 g/mol. The van der Waals surface area contributed by atoms with Gasteiger partial charge in [-0.05, 0) is 5.56 Å². The molecule has 0 fully saturated rings. The second kappa shape index (κ2) is 8.49. The summed E-state index contributed by atoms with van der Waals surface area (Å²) in [6.45, 7) is 0.518. The number of benzene rings is 2. The first-order valence-corrected chi connectivity index (χ1v) is 7.57. The van der Waals surface area contributed by atoms with Crippen molar-refractivity contribution in [2.45, 2.75) is 13.0 Å². The van der Waals surface area contributed by atoms with Crippen LogP contribution in [-0.2, 0) is 17.8 Å². The fraction of sp³-hybridized carbons (Fsp3) is 0.111. The number of aromatic nitrogens is 2. The summed E-state index contributed by atoms with van der Waals surface area (Å²) < 4.78 is 1.82. The van der Waals surface area contributed by atoms with Crippen LogP contribution in [0.4, 0.5) is 0 Å². The van der Waals surface area contributed by atoms with E-state index in [0.29, 0.717) is 23.2 Å². The zero-order valence-electron chi connectivity index (χ0n) is 13.3. The van der Waals surface area contributed by atoms with Gasteiger partial charge in [0, 0.05) is 18.0 Å². The van der Waals surface area contributed by atoms with E-state index in [1.54, 1.807) is 0 Å². The molecule has 0 aliphatic heterocycles. The molecular weight excluding hydrogens is 335 g/mol. The first kappa shape index (κ1) is 18.7. The molecule has 3 aromatic rings. The van der Waals surface area contributed by atoms with Gasteiger partial charge in [0.25, 0.3) is 0 Å². The Morgan fingerprint density at radius 2 is 1.62 bits per heavy atom. The van der Waals surface area contributed by atoms with Crippen LogP contribution in [0.5, 0.6) is 0 Å². The molecule has 0 N–H and O–H groups in total. The maximum Gasteiger partial charge on any atom is 1.00 e. The number of hydrogen-bond donors (Lipinski definition) is 0. The van der Waals surface area contributed by atoms with Gasteiger partial charge in [0.2, 0.25) is 0 Å². The summed E-state index contributed by atoms with van der Waals surface area (Å²) >= 11 is 6.38. The van der Waals surface area contributed by atoms with Gasteiger partial charge in [-0.1, -0.05) is 72.3 Å². The molecule has 4 nitrogen and oxygen atoms in total. The average molecular weight is 349 g/mol. The van der Waals surface area contributed by atoms with E-state index in [0.717, 1.165) is 11.1 Å². The van der Waals surface area contributed by atoms with Crippen LogP contribution in [-0.4, -0.2) is 15.5 Å². The first-order chi connectivity index (χ1) is 11.1. The Bertz CT molecular complexity index is 820. The van der Waals surface area contributed by atoms with Gasteiger partial charge in [-0.3, -0.25) is 0 Å². The Balaban J connectivity index is 0.00000208. The van der Waals surface area contributed by atoms with Crippen molar-refractivity contribution in [3.63, 3.8) is 0 Å². The summed E-state index contributed by atoms with van der Waals surface area (Å²) in [6.07, 6.45) is -0.305. The van der Waals surface area contributed by atoms with Crippen LogP contribution < -0.4 is 34.7 Å². The molecule has 0 saturated heterocycles. The number of imidazole rings is 1. The topological polar surface area (TPSA) is 57.9 Å². The van der Waals surface area contributed by atoms with Crippen molar-refractivity contribution in [2.75, 3.05) is 0 Å². The largest absolute Gasteiger partial charge is 1.00 e. The third kappa shape index (κ3) is 4.28. The molecule has 116 valence electrons. The van der Waals surface area contributed by atoms with Crippen molar-refractivity contribution in [1.82, 2.24) is 9.55 Å². The van der Waals surface area contributed by atoms with Crippen molar-refractivity contribution in [3.05, 3.63) is 77.1 Å². The minimum absolute atomic E-state index is 0. The van der Waals surface area contributed by atoms with Crippen molar-refractivity contribution in [2.24, 2.45) is 0 Å². The summed E-state index contributed by atoms with van der Waals surface area (Å²) in [7, 11) is 0. The molecule has 0 saturated carbocycles. The third-order valence-corrected chi connectivity index (χ3v) is 3.92. The van der Waals surface area contributed by atoms with Crippen molar-refractivity contribution in [3.8, 4) is 11.4 Å². The Hall–Kier alpha value is -1.59. The molecule has 1 aromatic heterocycles. The van der Waals surface area contributed by atoms with Gasteiger partial charge in [-0.2, -0.15) is 0 Å². The van der Waals surface area contributed by atoms with Gasteiger partial charge >= 0.3 is 29.6 Å². The molecule has 0 atom stereocenters. The van der Waals surface area contributed by atoms with E-state index in [1.807, 2.05) is 65.2 Å². The minimum Gasteiger partial charge on any atom is -0.550 e. The number of rotatable bonds is 5. The molecular formula is C18H14ClN2NaO2. The molecule has 0 aliphatic carbocycles. The Labute approximate surface area is 167 Å². The maximum atomic E-state index is 10.9. The van der Waals surface area contributed by atoms with E-state index in [-0.39, 0.29) is 36.0 Å². The van der Waals surface area contributed by atoms with Gasteiger partial charge in [0.1, 0.15) is 11.0 Å². The quantitative estimate of drug-likeness (QED) is 0.587. The predicted octanol–water partition coefficient (Wildman–Crippen LogP) is -0.452. The van der Waals surface area contributed by atoms with E-state index in [9.17, 15) is 9.90 Å². The number of halogens is 1. The molecule has 0 amide bonds. The smallest absolute Gasteiger partial charge is 0.550 e. The molecule has 6 heteroatoms. The van der Waals surface area contributed by atoms with Crippen LogP contribution in [0.1, 0.15) is 11.3 Å². The second-order valence-corrected chi connectivity index (χ2v) is 5.52. The fourth-order valence-electron chi connectivity index (χ4n) is 2.45. The predicted molar refractivity (Wildman–Crippen MR) is 86.9 cm³/mol. The molecule has 2 aromatic carbocycles. The maximum absolute atomic E-state index is 10.9. The van der Waals surface area contributed by atoms with Crippen molar-refractivity contribution < 1.29 is 39.5 Å². The summed E-state index contributed by atoms with van der Waals surface area (Å²) in [5.41, 5.74) is 2.26. The Morgan fingerprint density at radius 1 is 1.04 bits per heavy atom. The number of carbonyl (C=O) groups is 1. The summed E-state index contributed by atoms with van der Waals surface area (Å²) in [5, 5.41) is 11.2. The van der Waals surface area contributed by atoms with Crippen molar-refractivity contribution in [1.29, 1.82) is 0 Å². The van der Waals surface area contributed by atoms with E-state index < -0.39 is 5.97 Å². The SMILES string of the molecule is O=C([O-])Cc1nc(-c2ccccc2)n(Cc2ccccc2)c1Cl.[Na+]. The molecule has 0 aliphatic rings. The summed E-state index contributed by atoms with van der Waals surface area (Å²) in [6, 6.07) is 19.4. The zero-order valence-corrected chi connectivity index (χ0v) is 16.0. The Morgan fingerprint density at radius 3 is 2.21 bits per heavy atom. The van der Waals surface area contributed by atoms with E-state index >= 15 is 0 Å². The molecule has 0 bridgehead atoms. The van der Waals surface area contributed by atoms with Gasteiger partial charge in [0.05, 0.1) is 12.2 Å². The minimum atomic E-state index is -1.20. The number of hydrogen-bond acceptors (Lipinski definition) is 3. The van der Waals surface area contributed by atoms with Crippen LogP contribution in [0.25, 0.3) is 11.4 Å². The molecule has 0 unspecified atom stereocenters. The summed E-state index contributed by atoms with van der Waals surface area (Å²) in [5.74, 6) is -0.549. The second-order valence-electron chi connectivity index (χ2n) is 5.16. The number of carbonyl (C=O) groups excluding carboxylic acids is 1. The van der Waals surface area contributed by atoms with E-state index in [1.165, 1.54) is 0 Å². The van der Waals surface area contributed by atoms with Crippen LogP contribution in [0, 0.1) is 0 Å². The number of carboxylic acid groups (broad SMARTS) is 1. The van der Waals surface area contributed by atoms with Crippen LogP contribution in [0.3, 0.4) is 0 Å². The molecule has 0 radical (unpaired) electrons. The zero-order chi connectivity index (χ0) is 16.2. The normalized spacial score (nSPS) is 10.2. The van der Waals surface area contributed by atoms with E-state index in [4.69, 9.17) is 11.6 Å². The van der Waals surface area contributed by atoms with Gasteiger partial charge in [-0.25, -0.2) is 4.98 Å². The Kier molecular flexibility index (Phi) is 6.63. The molecule has 24 heavy (non-hydrogen) atoms. The van der Waals surface area contributed by atoms with Crippen LogP contribution in [0.2, 0.25) is 5.15 Å². The molecule has 1 heterocycles. The van der Waals surface area contributed by atoms with E-state index in [2.05, 4.69) is 4.98 Å². The van der Waals surface area contributed by atoms with Gasteiger partial charge in [0.15, 0.2) is 0 Å². The fourth-order valence-corrected chi connectivity index (χ4v) is 2.70. The third-order valence-electron chi connectivity index (χ3n) is 3.50. The number of aliphatic carboxylic acids is 1. The standard InChI is InChI=1S/C18H15ClN2O2.Na/c19-17-15(11-16(22)23)20-18(14-9-5-2-6-10-14)21(17)12-13-7-3-1-4-8-13;/h1-10H,11-12H2,(H,22,23);/q;+1/p-1. The van der Waals surface area contributed by atoms with Crippen LogP contribution in [0.15, 0.2) is 60.7 Å².